The molecule has 2 aromatic carbocycles. The molecule has 0 atom stereocenters. The van der Waals surface area contributed by atoms with E-state index in [4.69, 9.17) is 0 Å². The van der Waals surface area contributed by atoms with Crippen LogP contribution in [0.1, 0.15) is 61.8 Å². The molecule has 0 fully saturated rings. The van der Waals surface area contributed by atoms with E-state index in [1.807, 2.05) is 19.1 Å². The molecular formula is C23H28F2. The van der Waals surface area contributed by atoms with E-state index in [1.54, 1.807) is 12.1 Å². The number of aryl methyl sites for hydroxylation is 3. The second-order valence-corrected chi connectivity index (χ2v) is 6.59. The Balaban J connectivity index is 1.93. The van der Waals surface area contributed by atoms with Crippen molar-refractivity contribution in [3.8, 4) is 0 Å². The molecule has 0 bridgehead atoms. The zero-order valence-corrected chi connectivity index (χ0v) is 15.3. The Bertz CT molecular complexity index is 666. The summed E-state index contributed by atoms with van der Waals surface area (Å²) in [6.45, 7) is 4.16. The van der Waals surface area contributed by atoms with Gasteiger partial charge in [0.05, 0.1) is 0 Å². The fourth-order valence-corrected chi connectivity index (χ4v) is 2.87. The lowest BCUT2D eigenvalue weighted by Crippen LogP contribution is -1.93. The topological polar surface area (TPSA) is 0 Å². The van der Waals surface area contributed by atoms with Gasteiger partial charge in [-0.1, -0.05) is 75.2 Å². The van der Waals surface area contributed by atoms with Crippen molar-refractivity contribution in [1.82, 2.24) is 0 Å². The summed E-state index contributed by atoms with van der Waals surface area (Å²) >= 11 is 0. The van der Waals surface area contributed by atoms with Crippen LogP contribution in [0.2, 0.25) is 0 Å². The van der Waals surface area contributed by atoms with Gasteiger partial charge in [-0.25, -0.2) is 8.78 Å². The quantitative estimate of drug-likeness (QED) is 0.451. The SMILES string of the molecule is CCCC/C(F)=C(/F)c1ccc(CCc2ccc(CCC)cc2)cc1. The average Bonchev–Trinajstić information content (AvgIpc) is 2.65. The molecule has 2 heteroatoms. The van der Waals surface area contributed by atoms with Gasteiger partial charge in [-0.3, -0.25) is 0 Å². The number of hydrogen-bond donors (Lipinski definition) is 0. The predicted molar refractivity (Wildman–Crippen MR) is 103 cm³/mol. The van der Waals surface area contributed by atoms with Crippen molar-refractivity contribution in [3.05, 3.63) is 76.6 Å². The first-order valence-electron chi connectivity index (χ1n) is 9.35. The van der Waals surface area contributed by atoms with Crippen molar-refractivity contribution >= 4 is 5.83 Å². The lowest BCUT2D eigenvalue weighted by Gasteiger charge is -2.06. The second kappa shape index (κ2) is 10.1. The first-order chi connectivity index (χ1) is 12.1. The third-order valence-electron chi connectivity index (χ3n) is 4.46. The van der Waals surface area contributed by atoms with Gasteiger partial charge in [-0.2, -0.15) is 0 Å². The summed E-state index contributed by atoms with van der Waals surface area (Å²) in [5.74, 6) is -1.35. The van der Waals surface area contributed by atoms with Crippen LogP contribution in [0.4, 0.5) is 8.78 Å². The Morgan fingerprint density at radius 3 is 1.64 bits per heavy atom. The van der Waals surface area contributed by atoms with Crippen LogP contribution in [-0.4, -0.2) is 0 Å². The molecule has 0 unspecified atom stereocenters. The molecule has 0 aliphatic carbocycles. The van der Waals surface area contributed by atoms with Crippen LogP contribution in [0.25, 0.3) is 5.83 Å². The maximum Gasteiger partial charge on any atom is 0.161 e. The number of benzene rings is 2. The molecule has 0 amide bonds. The molecule has 0 aliphatic rings. The molecule has 0 radical (unpaired) electrons. The van der Waals surface area contributed by atoms with E-state index >= 15 is 0 Å². The number of hydrogen-bond acceptors (Lipinski definition) is 0. The predicted octanol–water partition coefficient (Wildman–Crippen LogP) is 7.22. The summed E-state index contributed by atoms with van der Waals surface area (Å²) in [7, 11) is 0. The molecule has 0 saturated carbocycles. The Morgan fingerprint density at radius 1 is 0.680 bits per heavy atom. The molecule has 0 spiro atoms. The Labute approximate surface area is 150 Å². The third kappa shape index (κ3) is 6.12. The summed E-state index contributed by atoms with van der Waals surface area (Å²) in [5.41, 5.74) is 4.16. The van der Waals surface area contributed by atoms with Gasteiger partial charge in [0.25, 0.3) is 0 Å². The highest BCUT2D eigenvalue weighted by Gasteiger charge is 2.08. The highest BCUT2D eigenvalue weighted by atomic mass is 19.2. The molecular weight excluding hydrogens is 314 g/mol. The largest absolute Gasteiger partial charge is 0.209 e. The first-order valence-corrected chi connectivity index (χ1v) is 9.35. The molecule has 0 N–H and O–H groups in total. The lowest BCUT2D eigenvalue weighted by molar-refractivity contribution is 0.548. The van der Waals surface area contributed by atoms with Crippen LogP contribution in [0, 0.1) is 0 Å². The average molecular weight is 342 g/mol. The normalized spacial score (nSPS) is 12.2. The summed E-state index contributed by atoms with van der Waals surface area (Å²) in [6.07, 6.45) is 5.85. The molecule has 134 valence electrons. The van der Waals surface area contributed by atoms with Gasteiger partial charge >= 0.3 is 0 Å². The van der Waals surface area contributed by atoms with Gasteiger partial charge in [0, 0.05) is 12.0 Å². The summed E-state index contributed by atoms with van der Waals surface area (Å²) < 4.78 is 27.8. The smallest absolute Gasteiger partial charge is 0.161 e. The van der Waals surface area contributed by atoms with Crippen molar-refractivity contribution in [2.75, 3.05) is 0 Å². The van der Waals surface area contributed by atoms with E-state index in [0.717, 1.165) is 37.7 Å². The van der Waals surface area contributed by atoms with Crippen molar-refractivity contribution in [2.45, 2.75) is 58.8 Å². The highest BCUT2D eigenvalue weighted by molar-refractivity contribution is 5.61. The van der Waals surface area contributed by atoms with Crippen LogP contribution in [0.15, 0.2) is 54.4 Å². The minimum Gasteiger partial charge on any atom is -0.209 e. The molecule has 2 aromatic rings. The number of rotatable bonds is 9. The van der Waals surface area contributed by atoms with Crippen molar-refractivity contribution in [3.63, 3.8) is 0 Å². The maximum absolute atomic E-state index is 14.0. The molecule has 2 rings (SSSR count). The van der Waals surface area contributed by atoms with Crippen LogP contribution in [0.3, 0.4) is 0 Å². The Kier molecular flexibility index (Phi) is 7.84. The van der Waals surface area contributed by atoms with Gasteiger partial charge in [0.1, 0.15) is 5.83 Å². The van der Waals surface area contributed by atoms with Crippen LogP contribution in [0.5, 0.6) is 0 Å². The fourth-order valence-electron chi connectivity index (χ4n) is 2.87. The third-order valence-corrected chi connectivity index (χ3v) is 4.46. The number of allylic oxidation sites excluding steroid dienone is 1. The standard InChI is InChI=1S/C23H28F2/c1-3-5-7-22(24)23(25)21-16-14-20(15-17-21)13-12-19-10-8-18(6-4-2)9-11-19/h8-11,14-17H,3-7,12-13H2,1-2H3/b23-22-. The van der Waals surface area contributed by atoms with Gasteiger partial charge in [-0.15, -0.1) is 0 Å². The van der Waals surface area contributed by atoms with E-state index in [9.17, 15) is 8.78 Å². The van der Waals surface area contributed by atoms with E-state index in [2.05, 4.69) is 31.2 Å². The molecule has 0 aromatic heterocycles. The van der Waals surface area contributed by atoms with Crippen LogP contribution >= 0.6 is 0 Å². The second-order valence-electron chi connectivity index (χ2n) is 6.59. The zero-order chi connectivity index (χ0) is 18.1. The Hall–Kier alpha value is -1.96. The molecule has 0 heterocycles. The van der Waals surface area contributed by atoms with E-state index in [-0.39, 0.29) is 6.42 Å². The molecule has 0 nitrogen and oxygen atoms in total. The van der Waals surface area contributed by atoms with Gasteiger partial charge in [0.15, 0.2) is 5.83 Å². The maximum atomic E-state index is 14.0. The summed E-state index contributed by atoms with van der Waals surface area (Å²) in [5, 5.41) is 0. The minimum absolute atomic E-state index is 0.179. The first kappa shape index (κ1) is 19.4. The summed E-state index contributed by atoms with van der Waals surface area (Å²) in [6, 6.07) is 15.9. The monoisotopic (exact) mass is 342 g/mol. The van der Waals surface area contributed by atoms with E-state index in [1.165, 1.54) is 11.1 Å². The van der Waals surface area contributed by atoms with Crippen LogP contribution < -0.4 is 0 Å². The highest BCUT2D eigenvalue weighted by Crippen LogP contribution is 2.25. The number of unbranched alkanes of at least 4 members (excludes halogenated alkanes) is 1. The zero-order valence-electron chi connectivity index (χ0n) is 15.3. The van der Waals surface area contributed by atoms with Gasteiger partial charge < -0.3 is 0 Å². The number of halogens is 2. The lowest BCUT2D eigenvalue weighted by atomic mass is 10.0. The van der Waals surface area contributed by atoms with Crippen molar-refractivity contribution in [2.24, 2.45) is 0 Å². The van der Waals surface area contributed by atoms with Crippen LogP contribution in [-0.2, 0) is 19.3 Å². The van der Waals surface area contributed by atoms with Crippen molar-refractivity contribution in [1.29, 1.82) is 0 Å². The molecule has 25 heavy (non-hydrogen) atoms. The minimum atomic E-state index is -0.716. The fraction of sp³-hybridized carbons (Fsp3) is 0.391. The van der Waals surface area contributed by atoms with Crippen molar-refractivity contribution < 1.29 is 8.78 Å². The van der Waals surface area contributed by atoms with E-state index in [0.29, 0.717) is 12.0 Å². The van der Waals surface area contributed by atoms with Gasteiger partial charge in [-0.05, 0) is 42.4 Å². The molecule has 0 aliphatic heterocycles. The van der Waals surface area contributed by atoms with E-state index < -0.39 is 11.7 Å². The Morgan fingerprint density at radius 2 is 1.16 bits per heavy atom. The molecule has 0 saturated heterocycles. The summed E-state index contributed by atoms with van der Waals surface area (Å²) in [4.78, 5) is 0. The van der Waals surface area contributed by atoms with Gasteiger partial charge in [0.2, 0.25) is 0 Å².